The smallest absolute Gasteiger partial charge is 0.307 e. The molecule has 8 nitrogen and oxygen atoms in total. The average molecular weight is 435 g/mol. The van der Waals surface area contributed by atoms with Crippen LogP contribution in [-0.4, -0.2) is 40.1 Å². The number of carbonyl (C=O) groups excluding carboxylic acids is 2. The molecule has 0 spiro atoms. The van der Waals surface area contributed by atoms with E-state index in [-0.39, 0.29) is 17.9 Å². The minimum absolute atomic E-state index is 0.0623. The minimum Gasteiger partial charge on any atom is -0.494 e. The summed E-state index contributed by atoms with van der Waals surface area (Å²) in [5, 5.41) is 2.71. The van der Waals surface area contributed by atoms with Crippen LogP contribution >= 0.6 is 0 Å². The highest BCUT2D eigenvalue weighted by Gasteiger charge is 2.15. The predicted octanol–water partition coefficient (Wildman–Crippen LogP) is 2.55. The quantitative estimate of drug-likeness (QED) is 0.556. The highest BCUT2D eigenvalue weighted by molar-refractivity contribution is 7.89. The van der Waals surface area contributed by atoms with E-state index in [9.17, 15) is 18.0 Å². The maximum absolute atomic E-state index is 12.2. The molecule has 0 bridgehead atoms. The van der Waals surface area contributed by atoms with Crippen LogP contribution in [0.2, 0.25) is 0 Å². The molecule has 1 amide bonds. The summed E-state index contributed by atoms with van der Waals surface area (Å²) in [6, 6.07) is 11.6. The lowest BCUT2D eigenvalue weighted by Crippen LogP contribution is -2.28. The van der Waals surface area contributed by atoms with Crippen molar-refractivity contribution in [1.29, 1.82) is 0 Å². The SMILES string of the molecule is CCOc1ccc(S(=O)(=O)NCCC(=O)OCC(=O)Nc2c(C)cccc2C)cc1. The number of nitrogens with one attached hydrogen (secondary N) is 2. The number of ether oxygens (including phenoxy) is 2. The number of rotatable bonds is 10. The Morgan fingerprint density at radius 1 is 1.00 bits per heavy atom. The molecular weight excluding hydrogens is 408 g/mol. The fraction of sp³-hybridized carbons (Fsp3) is 0.333. The van der Waals surface area contributed by atoms with Crippen LogP contribution in [-0.2, 0) is 24.3 Å². The Bertz CT molecular complexity index is 967. The van der Waals surface area contributed by atoms with Crippen molar-refractivity contribution in [3.05, 3.63) is 53.6 Å². The third kappa shape index (κ3) is 6.85. The van der Waals surface area contributed by atoms with Crippen molar-refractivity contribution in [1.82, 2.24) is 4.72 Å². The molecule has 0 fully saturated rings. The second-order valence-corrected chi connectivity index (χ2v) is 8.29. The van der Waals surface area contributed by atoms with E-state index in [2.05, 4.69) is 10.0 Å². The van der Waals surface area contributed by atoms with E-state index in [0.29, 0.717) is 18.0 Å². The fourth-order valence-corrected chi connectivity index (χ4v) is 3.69. The number of anilines is 1. The molecule has 2 aromatic carbocycles. The van der Waals surface area contributed by atoms with E-state index in [0.717, 1.165) is 11.1 Å². The summed E-state index contributed by atoms with van der Waals surface area (Å²) >= 11 is 0. The van der Waals surface area contributed by atoms with Gasteiger partial charge in [0.1, 0.15) is 5.75 Å². The largest absolute Gasteiger partial charge is 0.494 e. The van der Waals surface area contributed by atoms with Crippen LogP contribution in [0, 0.1) is 13.8 Å². The van der Waals surface area contributed by atoms with Gasteiger partial charge < -0.3 is 14.8 Å². The molecule has 0 aliphatic rings. The van der Waals surface area contributed by atoms with Gasteiger partial charge in [0, 0.05) is 12.2 Å². The first-order valence-electron chi connectivity index (χ1n) is 9.47. The number of sulfonamides is 1. The zero-order chi connectivity index (χ0) is 22.1. The van der Waals surface area contributed by atoms with Gasteiger partial charge in [-0.05, 0) is 56.2 Å². The van der Waals surface area contributed by atoms with Gasteiger partial charge >= 0.3 is 5.97 Å². The normalized spacial score (nSPS) is 11.0. The third-order valence-corrected chi connectivity index (χ3v) is 5.65. The highest BCUT2D eigenvalue weighted by Crippen LogP contribution is 2.19. The first-order valence-corrected chi connectivity index (χ1v) is 11.0. The Morgan fingerprint density at radius 2 is 1.63 bits per heavy atom. The summed E-state index contributed by atoms with van der Waals surface area (Å²) in [5.41, 5.74) is 2.48. The molecular formula is C21H26N2O6S. The van der Waals surface area contributed by atoms with Gasteiger partial charge in [0.2, 0.25) is 10.0 Å². The first-order chi connectivity index (χ1) is 14.2. The lowest BCUT2D eigenvalue weighted by molar-refractivity contribution is -0.147. The van der Waals surface area contributed by atoms with Crippen molar-refractivity contribution < 1.29 is 27.5 Å². The van der Waals surface area contributed by atoms with Crippen LogP contribution in [0.25, 0.3) is 0 Å². The number of esters is 1. The van der Waals surface area contributed by atoms with Gasteiger partial charge in [0.25, 0.3) is 5.91 Å². The third-order valence-electron chi connectivity index (χ3n) is 4.18. The van der Waals surface area contributed by atoms with Crippen LogP contribution in [0.15, 0.2) is 47.4 Å². The van der Waals surface area contributed by atoms with Crippen molar-refractivity contribution in [2.24, 2.45) is 0 Å². The van der Waals surface area contributed by atoms with Gasteiger partial charge in [-0.3, -0.25) is 9.59 Å². The van der Waals surface area contributed by atoms with Gasteiger partial charge in [-0.1, -0.05) is 18.2 Å². The van der Waals surface area contributed by atoms with Gasteiger partial charge in [-0.25, -0.2) is 13.1 Å². The van der Waals surface area contributed by atoms with Crippen LogP contribution < -0.4 is 14.8 Å². The van der Waals surface area contributed by atoms with Crippen molar-refractivity contribution in [3.8, 4) is 5.75 Å². The van der Waals surface area contributed by atoms with E-state index in [1.165, 1.54) is 12.1 Å². The number of hydrogen-bond donors (Lipinski definition) is 2. The molecule has 2 rings (SSSR count). The number of aryl methyl sites for hydroxylation is 2. The van der Waals surface area contributed by atoms with E-state index in [4.69, 9.17) is 9.47 Å². The lowest BCUT2D eigenvalue weighted by Gasteiger charge is -2.12. The first kappa shape index (κ1) is 23.4. The van der Waals surface area contributed by atoms with Gasteiger partial charge in [-0.15, -0.1) is 0 Å². The number of carbonyl (C=O) groups is 2. The molecule has 0 saturated heterocycles. The average Bonchev–Trinajstić information content (AvgIpc) is 2.70. The second kappa shape index (κ2) is 10.7. The molecule has 0 aliphatic carbocycles. The van der Waals surface area contributed by atoms with Gasteiger partial charge in [0.15, 0.2) is 6.61 Å². The number of amides is 1. The summed E-state index contributed by atoms with van der Waals surface area (Å²) in [6.45, 7) is 5.45. The van der Waals surface area contributed by atoms with Gasteiger partial charge in [0.05, 0.1) is 17.9 Å². The van der Waals surface area contributed by atoms with Crippen molar-refractivity contribution in [3.63, 3.8) is 0 Å². The molecule has 0 heterocycles. The van der Waals surface area contributed by atoms with Gasteiger partial charge in [-0.2, -0.15) is 0 Å². The zero-order valence-electron chi connectivity index (χ0n) is 17.2. The van der Waals surface area contributed by atoms with Crippen LogP contribution in [0.4, 0.5) is 5.69 Å². The molecule has 9 heteroatoms. The van der Waals surface area contributed by atoms with E-state index in [1.807, 2.05) is 39.0 Å². The molecule has 0 radical (unpaired) electrons. The summed E-state index contributed by atoms with van der Waals surface area (Å²) < 4.78 is 37.0. The maximum atomic E-state index is 12.2. The molecule has 2 N–H and O–H groups in total. The van der Waals surface area contributed by atoms with Crippen LogP contribution in [0.1, 0.15) is 24.5 Å². The minimum atomic E-state index is -3.76. The van der Waals surface area contributed by atoms with E-state index in [1.54, 1.807) is 12.1 Å². The van der Waals surface area contributed by atoms with Crippen LogP contribution in [0.3, 0.4) is 0 Å². The van der Waals surface area contributed by atoms with Crippen LogP contribution in [0.5, 0.6) is 5.75 Å². The Morgan fingerprint density at radius 3 is 2.23 bits per heavy atom. The molecule has 0 saturated carbocycles. The Balaban J connectivity index is 1.77. The molecule has 0 aliphatic heterocycles. The Labute approximate surface area is 176 Å². The Hall–Kier alpha value is -2.91. The molecule has 2 aromatic rings. The molecule has 30 heavy (non-hydrogen) atoms. The highest BCUT2D eigenvalue weighted by atomic mass is 32.2. The fourth-order valence-electron chi connectivity index (χ4n) is 2.66. The molecule has 0 atom stereocenters. The monoisotopic (exact) mass is 434 g/mol. The summed E-state index contributed by atoms with van der Waals surface area (Å²) in [6.07, 6.45) is -0.201. The van der Waals surface area contributed by atoms with Crippen molar-refractivity contribution in [2.45, 2.75) is 32.1 Å². The molecule has 0 unspecified atom stereocenters. The summed E-state index contributed by atoms with van der Waals surface area (Å²) in [4.78, 5) is 23.9. The topological polar surface area (TPSA) is 111 Å². The summed E-state index contributed by atoms with van der Waals surface area (Å²) in [7, 11) is -3.76. The molecule has 0 aromatic heterocycles. The van der Waals surface area contributed by atoms with E-state index < -0.39 is 28.5 Å². The van der Waals surface area contributed by atoms with E-state index >= 15 is 0 Å². The number of para-hydroxylation sites is 1. The lowest BCUT2D eigenvalue weighted by atomic mass is 10.1. The van der Waals surface area contributed by atoms with Crippen molar-refractivity contribution >= 4 is 27.6 Å². The number of benzene rings is 2. The maximum Gasteiger partial charge on any atom is 0.307 e. The van der Waals surface area contributed by atoms with Crippen molar-refractivity contribution in [2.75, 3.05) is 25.1 Å². The Kier molecular flexibility index (Phi) is 8.37. The standard InChI is InChI=1S/C21H26N2O6S/c1-4-28-17-8-10-18(11-9-17)30(26,27)22-13-12-20(25)29-14-19(24)23-21-15(2)6-5-7-16(21)3/h5-11,22H,4,12-14H2,1-3H3,(H,23,24). The zero-order valence-corrected chi connectivity index (χ0v) is 18.0. The molecule has 162 valence electrons. The summed E-state index contributed by atoms with van der Waals surface area (Å²) in [5.74, 6) is -0.573. The number of hydrogen-bond acceptors (Lipinski definition) is 6. The second-order valence-electron chi connectivity index (χ2n) is 6.53. The predicted molar refractivity (Wildman–Crippen MR) is 113 cm³/mol.